The lowest BCUT2D eigenvalue weighted by Gasteiger charge is -2.17. The van der Waals surface area contributed by atoms with Crippen LogP contribution in [-0.2, 0) is 0 Å². The number of carbonyl (C=O) groups excluding carboxylic acids is 1. The zero-order valence-electron chi connectivity index (χ0n) is 19.5. The van der Waals surface area contributed by atoms with Crippen LogP contribution in [-0.4, -0.2) is 49.7 Å². The Labute approximate surface area is 211 Å². The van der Waals surface area contributed by atoms with Crippen LogP contribution in [0.1, 0.15) is 27.0 Å². The van der Waals surface area contributed by atoms with Gasteiger partial charge in [0.25, 0.3) is 0 Å². The average molecular weight is 519 g/mol. The Bertz CT molecular complexity index is 1110. The number of carbonyl (C=O) groups is 1. The molecule has 0 radical (unpaired) electrons. The van der Waals surface area contributed by atoms with Crippen molar-refractivity contribution in [3.05, 3.63) is 89.1 Å². The Hall–Kier alpha value is -3.54. The van der Waals surface area contributed by atoms with Gasteiger partial charge in [-0.15, -0.1) is 10.2 Å². The van der Waals surface area contributed by atoms with Gasteiger partial charge in [0.1, 0.15) is 14.1 Å². The lowest BCUT2D eigenvalue weighted by Crippen LogP contribution is -2.68. The van der Waals surface area contributed by atoms with E-state index in [9.17, 15) is 4.79 Å². The quantitative estimate of drug-likeness (QED) is 0.222. The molecule has 0 aromatic heterocycles. The van der Waals surface area contributed by atoms with Crippen LogP contribution in [0, 0.1) is 32.9 Å². The van der Waals surface area contributed by atoms with Crippen LogP contribution in [0.5, 0.6) is 0 Å². The third kappa shape index (κ3) is 16.7. The summed E-state index contributed by atoms with van der Waals surface area (Å²) in [5.41, 5.74) is 2.70. The van der Waals surface area contributed by atoms with Crippen molar-refractivity contribution in [2.45, 2.75) is 0 Å². The molecule has 11 heteroatoms. The van der Waals surface area contributed by atoms with E-state index in [0.717, 1.165) is 5.56 Å². The Balaban J connectivity index is 0.000000555. The third-order valence-electron chi connectivity index (χ3n) is 3.63. The molecule has 0 N–H and O–H groups in total. The van der Waals surface area contributed by atoms with Crippen LogP contribution in [0.15, 0.2) is 66.9 Å². The van der Waals surface area contributed by atoms with Gasteiger partial charge in [-0.25, -0.2) is 23.2 Å². The number of hydrogen-bond donors (Lipinski definition) is 0. The summed E-state index contributed by atoms with van der Waals surface area (Å²) in [5, 5.41) is 17.9. The van der Waals surface area contributed by atoms with Gasteiger partial charge in [0.15, 0.2) is 12.0 Å². The van der Waals surface area contributed by atoms with E-state index in [0.29, 0.717) is 21.7 Å². The zero-order chi connectivity index (χ0) is 27.0. The number of nitrogens with zero attached hydrogens (tertiary/aromatic N) is 4. The van der Waals surface area contributed by atoms with Crippen molar-refractivity contribution < 1.29 is 38.2 Å². The summed E-state index contributed by atoms with van der Waals surface area (Å²) in [5.74, 6) is -0.0619. The molecule has 0 aliphatic heterocycles. The average Bonchev–Trinajstić information content (AvgIpc) is 2.80. The molecule has 2 aromatic carbocycles. The number of hydrogen-bond acceptors (Lipinski definition) is 8. The molecule has 0 amide bonds. The van der Waals surface area contributed by atoms with Gasteiger partial charge in [-0.05, 0) is 42.0 Å². The minimum absolute atomic E-state index is 0.0619. The molecule has 0 spiro atoms. The topological polar surface area (TPSA) is 163 Å². The van der Waals surface area contributed by atoms with E-state index in [2.05, 4.69) is 6.07 Å². The van der Waals surface area contributed by atoms with Gasteiger partial charge in [-0.1, -0.05) is 23.7 Å². The highest BCUT2D eigenvalue weighted by Crippen LogP contribution is 2.18. The Morgan fingerprint density at radius 2 is 1.31 bits per heavy atom. The van der Waals surface area contributed by atoms with E-state index < -0.39 is 10.2 Å². The molecule has 0 bridgehead atoms. The number of nitriles is 2. The third-order valence-corrected chi connectivity index (χ3v) is 3.98. The second kappa shape index (κ2) is 16.1. The SMILES string of the molecule is CN(C)/C=C/C(=O)c1ccc(C#N)cc1.C[N+](C)=C/C=C(\Cl)c1ccc(C#N)cc1.[O-][Cl+3]([O-])([O-])[O-]. The second-order valence-corrected chi connectivity index (χ2v) is 8.19. The van der Waals surface area contributed by atoms with Gasteiger partial charge in [0.05, 0.1) is 28.3 Å². The minimum Gasteiger partial charge on any atom is -0.383 e. The summed E-state index contributed by atoms with van der Waals surface area (Å²) < 4.78 is 35.9. The highest BCUT2D eigenvalue weighted by atomic mass is 35.7. The van der Waals surface area contributed by atoms with E-state index in [-0.39, 0.29) is 5.78 Å². The maximum Gasteiger partial charge on any atom is 0.187 e. The molecule has 9 nitrogen and oxygen atoms in total. The highest BCUT2D eigenvalue weighted by molar-refractivity contribution is 6.49. The first-order chi connectivity index (χ1) is 16.3. The number of benzene rings is 2. The molecule has 0 atom stereocenters. The molecule has 2 aromatic rings. The summed E-state index contributed by atoms with van der Waals surface area (Å²) in [6.07, 6.45) is 6.89. The van der Waals surface area contributed by atoms with Crippen LogP contribution in [0.2, 0.25) is 0 Å². The Morgan fingerprint density at radius 1 is 0.914 bits per heavy atom. The van der Waals surface area contributed by atoms with Gasteiger partial charge in [-0.2, -0.15) is 10.5 Å². The van der Waals surface area contributed by atoms with Crippen LogP contribution in [0.25, 0.3) is 5.03 Å². The first-order valence-corrected chi connectivity index (χ1v) is 11.3. The minimum atomic E-state index is -4.94. The standard InChI is InChI=1S/C12H12ClN2.C12H12N2O.ClHO4/c1-15(2)8-7-12(13)11-5-3-10(9-14)4-6-11;1-14(2)8-7-12(15)11-5-3-10(9-13)4-6-11;2-1(3,4)5/h2*3-8H,1-2H3;(H,2,3,4,5)/q+1;;/p-1/b12-7-;8-7+;. The molecule has 0 saturated heterocycles. The lowest BCUT2D eigenvalue weighted by atomic mass is 10.1. The summed E-state index contributed by atoms with van der Waals surface area (Å²) >= 11 is 6.07. The number of rotatable bonds is 5. The fourth-order valence-corrected chi connectivity index (χ4v) is 2.22. The molecule has 0 fully saturated rings. The lowest BCUT2D eigenvalue weighted by molar-refractivity contribution is -2.00. The van der Waals surface area contributed by atoms with Crippen molar-refractivity contribution in [1.82, 2.24) is 4.90 Å². The van der Waals surface area contributed by atoms with Gasteiger partial charge >= 0.3 is 0 Å². The van der Waals surface area contributed by atoms with Crippen molar-refractivity contribution in [2.24, 2.45) is 0 Å². The number of halogens is 2. The highest BCUT2D eigenvalue weighted by Gasteiger charge is 2.01. The van der Waals surface area contributed by atoms with E-state index in [1.165, 1.54) is 6.08 Å². The molecular formula is C24H24Cl2N4O5. The first-order valence-electron chi connectivity index (χ1n) is 9.65. The maximum absolute atomic E-state index is 11.6. The summed E-state index contributed by atoms with van der Waals surface area (Å²) in [7, 11) is 2.62. The number of ketones is 1. The second-order valence-electron chi connectivity index (χ2n) is 7.03. The molecule has 0 unspecified atom stereocenters. The van der Waals surface area contributed by atoms with Gasteiger partial charge in [-0.3, -0.25) is 4.79 Å². The van der Waals surface area contributed by atoms with Crippen LogP contribution >= 0.6 is 11.6 Å². The molecule has 0 aliphatic carbocycles. The van der Waals surface area contributed by atoms with E-state index in [1.807, 2.05) is 63.3 Å². The smallest absolute Gasteiger partial charge is 0.187 e. The predicted molar refractivity (Wildman–Crippen MR) is 121 cm³/mol. The molecule has 0 aliphatic rings. The number of allylic oxidation sites excluding steroid dienone is 2. The molecule has 0 saturated carbocycles. The first kappa shape index (κ1) is 31.5. The Kier molecular flexibility index (Phi) is 14.5. The van der Waals surface area contributed by atoms with Crippen LogP contribution in [0.3, 0.4) is 0 Å². The summed E-state index contributed by atoms with van der Waals surface area (Å²) in [6, 6.07) is 17.8. The van der Waals surface area contributed by atoms with Crippen molar-refractivity contribution in [3.63, 3.8) is 0 Å². The van der Waals surface area contributed by atoms with Crippen LogP contribution < -0.4 is 18.6 Å². The predicted octanol–water partition coefficient (Wildman–Crippen LogP) is -0.459. The van der Waals surface area contributed by atoms with Gasteiger partial charge < -0.3 is 4.90 Å². The fraction of sp³-hybridized carbons (Fsp3) is 0.167. The largest absolute Gasteiger partial charge is 0.383 e. The molecule has 2 rings (SSSR count). The fourth-order valence-electron chi connectivity index (χ4n) is 2.04. The molecule has 184 valence electrons. The molecule has 35 heavy (non-hydrogen) atoms. The molecule has 0 heterocycles. The van der Waals surface area contributed by atoms with E-state index in [1.54, 1.807) is 47.5 Å². The van der Waals surface area contributed by atoms with Crippen LogP contribution in [0.4, 0.5) is 0 Å². The van der Waals surface area contributed by atoms with Crippen molar-refractivity contribution in [1.29, 1.82) is 10.5 Å². The van der Waals surface area contributed by atoms with Gasteiger partial charge in [0.2, 0.25) is 0 Å². The zero-order valence-corrected chi connectivity index (χ0v) is 21.0. The maximum atomic E-state index is 11.6. The van der Waals surface area contributed by atoms with E-state index >= 15 is 0 Å². The van der Waals surface area contributed by atoms with Crippen molar-refractivity contribution in [3.8, 4) is 12.1 Å². The molecular weight excluding hydrogens is 495 g/mol. The Morgan fingerprint density at radius 3 is 1.66 bits per heavy atom. The van der Waals surface area contributed by atoms with Gasteiger partial charge in [0, 0.05) is 38.0 Å². The normalized spacial score (nSPS) is 10.5. The van der Waals surface area contributed by atoms with E-state index in [4.69, 9.17) is 40.8 Å². The van der Waals surface area contributed by atoms with Crippen molar-refractivity contribution >= 4 is 28.6 Å². The summed E-state index contributed by atoms with van der Waals surface area (Å²) in [4.78, 5) is 13.3. The monoisotopic (exact) mass is 518 g/mol. The summed E-state index contributed by atoms with van der Waals surface area (Å²) in [6.45, 7) is 0. The van der Waals surface area contributed by atoms with Crippen molar-refractivity contribution in [2.75, 3.05) is 28.2 Å².